The van der Waals surface area contributed by atoms with Crippen molar-refractivity contribution in [3.8, 4) is 11.5 Å². The van der Waals surface area contributed by atoms with Crippen molar-refractivity contribution in [3.63, 3.8) is 0 Å². The molecule has 0 bridgehead atoms. The number of methoxy groups -OCH3 is 2. The Balaban J connectivity index is 2.04. The number of benzene rings is 1. The Morgan fingerprint density at radius 3 is 2.44 bits per heavy atom. The fraction of sp³-hybridized carbons (Fsp3) is 0.214. The highest BCUT2D eigenvalue weighted by Gasteiger charge is 2.37. The van der Waals surface area contributed by atoms with Crippen LogP contribution in [0.5, 0.6) is 11.5 Å². The lowest BCUT2D eigenvalue weighted by molar-refractivity contribution is -0.146. The molecule has 0 radical (unpaired) electrons. The molecule has 0 unspecified atom stereocenters. The van der Waals surface area contributed by atoms with Gasteiger partial charge in [0.2, 0.25) is 0 Å². The molecule has 0 saturated carbocycles. The van der Waals surface area contributed by atoms with E-state index in [0.29, 0.717) is 26.7 Å². The average molecular weight is 374 g/mol. The Morgan fingerprint density at radius 2 is 1.80 bits per heavy atom. The zero-order valence-electron chi connectivity index (χ0n) is 12.9. The number of nitrogens with one attached hydrogen (secondary N) is 1. The third kappa shape index (κ3) is 3.25. The Hall–Kier alpha value is -2.75. The van der Waals surface area contributed by atoms with Crippen LogP contribution in [0.15, 0.2) is 24.3 Å². The number of hydrogen-bond acceptors (Lipinski definition) is 6. The third-order valence-corrected chi connectivity index (χ3v) is 3.55. The summed E-state index contributed by atoms with van der Waals surface area (Å²) in [5.41, 5.74) is 0.385. The van der Waals surface area contributed by atoms with Gasteiger partial charge >= 0.3 is 6.18 Å². The normalized spacial score (nSPS) is 11.6. The second kappa shape index (κ2) is 6.28. The summed E-state index contributed by atoms with van der Waals surface area (Å²) in [5.74, 6) is -0.355. The van der Waals surface area contributed by atoms with Gasteiger partial charge in [0.25, 0.3) is 5.82 Å². The van der Waals surface area contributed by atoms with Crippen LogP contribution in [0.2, 0.25) is 5.02 Å². The second-order valence-electron chi connectivity index (χ2n) is 4.82. The highest BCUT2D eigenvalue weighted by Crippen LogP contribution is 2.37. The van der Waals surface area contributed by atoms with E-state index in [4.69, 9.17) is 21.1 Å². The fourth-order valence-corrected chi connectivity index (χ4v) is 2.36. The van der Waals surface area contributed by atoms with Crippen LogP contribution in [0.4, 0.5) is 24.7 Å². The number of ether oxygens (including phenoxy) is 2. The van der Waals surface area contributed by atoms with Gasteiger partial charge in [0.15, 0.2) is 11.5 Å². The predicted molar refractivity (Wildman–Crippen MR) is 83.6 cm³/mol. The van der Waals surface area contributed by atoms with Crippen molar-refractivity contribution < 1.29 is 22.6 Å². The Bertz CT molecular complexity index is 929. The highest BCUT2D eigenvalue weighted by molar-refractivity contribution is 6.32. The lowest BCUT2D eigenvalue weighted by atomic mass is 10.2. The molecule has 0 amide bonds. The van der Waals surface area contributed by atoms with E-state index in [9.17, 15) is 13.2 Å². The van der Waals surface area contributed by atoms with Crippen LogP contribution in [0.25, 0.3) is 5.65 Å². The number of halogens is 4. The van der Waals surface area contributed by atoms with Crippen molar-refractivity contribution >= 4 is 28.8 Å². The van der Waals surface area contributed by atoms with E-state index in [1.165, 1.54) is 32.4 Å². The van der Waals surface area contributed by atoms with E-state index in [2.05, 4.69) is 20.6 Å². The van der Waals surface area contributed by atoms with Crippen molar-refractivity contribution in [2.45, 2.75) is 6.18 Å². The van der Waals surface area contributed by atoms with E-state index in [1.54, 1.807) is 6.07 Å². The molecule has 2 aromatic heterocycles. The van der Waals surface area contributed by atoms with Gasteiger partial charge in [-0.05, 0) is 12.1 Å². The molecule has 0 saturated heterocycles. The molecular formula is C14H11ClF3N5O2. The molecule has 0 aliphatic heterocycles. The summed E-state index contributed by atoms with van der Waals surface area (Å²) in [6.07, 6.45) is -4.67. The number of rotatable bonds is 4. The number of fused-ring (bicyclic) bond motifs is 1. The molecule has 1 aromatic carbocycles. The monoisotopic (exact) mass is 373 g/mol. The zero-order chi connectivity index (χ0) is 18.2. The zero-order valence-corrected chi connectivity index (χ0v) is 13.7. The molecule has 0 aliphatic rings. The van der Waals surface area contributed by atoms with E-state index in [1.807, 2.05) is 0 Å². The summed E-state index contributed by atoms with van der Waals surface area (Å²) in [5, 5.41) is 13.6. The molecule has 7 nitrogen and oxygen atoms in total. The van der Waals surface area contributed by atoms with Gasteiger partial charge in [0.1, 0.15) is 11.5 Å². The van der Waals surface area contributed by atoms with Crippen molar-refractivity contribution in [1.82, 2.24) is 19.8 Å². The van der Waals surface area contributed by atoms with Gasteiger partial charge < -0.3 is 14.8 Å². The minimum atomic E-state index is -4.67. The molecule has 0 spiro atoms. The van der Waals surface area contributed by atoms with Crippen LogP contribution in [-0.4, -0.2) is 34.0 Å². The predicted octanol–water partition coefficient (Wildman–Crippen LogP) is 3.56. The first kappa shape index (κ1) is 17.1. The molecule has 2 heterocycles. The quantitative estimate of drug-likeness (QED) is 0.754. The van der Waals surface area contributed by atoms with Gasteiger partial charge in [-0.25, -0.2) is 0 Å². The van der Waals surface area contributed by atoms with Crippen molar-refractivity contribution in [2.75, 3.05) is 19.5 Å². The van der Waals surface area contributed by atoms with Crippen LogP contribution in [0, 0.1) is 0 Å². The van der Waals surface area contributed by atoms with Crippen LogP contribution in [0.3, 0.4) is 0 Å². The maximum absolute atomic E-state index is 12.9. The van der Waals surface area contributed by atoms with Gasteiger partial charge in [0.05, 0.1) is 24.9 Å². The first-order valence-electron chi connectivity index (χ1n) is 6.81. The fourth-order valence-electron chi connectivity index (χ4n) is 2.13. The van der Waals surface area contributed by atoms with E-state index < -0.39 is 12.0 Å². The molecule has 0 atom stereocenters. The Morgan fingerprint density at radius 1 is 1.08 bits per heavy atom. The molecule has 3 aromatic rings. The topological polar surface area (TPSA) is 73.6 Å². The van der Waals surface area contributed by atoms with Gasteiger partial charge in [0, 0.05) is 12.1 Å². The Labute approximate surface area is 144 Å². The molecular weight excluding hydrogens is 363 g/mol. The number of alkyl halides is 3. The number of hydrogen-bond donors (Lipinski definition) is 1. The standard InChI is InChI=1S/C14H11ClF3N5O2/c1-24-9-6-8(10(25-2)5-7(9)15)19-11-3-4-12-20-21-13(14(16,17)18)23(12)22-11/h3-6H,1-2H3,(H,19,22). The molecule has 1 N–H and O–H groups in total. The summed E-state index contributed by atoms with van der Waals surface area (Å²) in [6.45, 7) is 0. The molecule has 25 heavy (non-hydrogen) atoms. The summed E-state index contributed by atoms with van der Waals surface area (Å²) in [4.78, 5) is 0. The maximum atomic E-state index is 12.9. The molecule has 11 heteroatoms. The van der Waals surface area contributed by atoms with Gasteiger partial charge in [-0.3, -0.25) is 0 Å². The van der Waals surface area contributed by atoms with Crippen LogP contribution < -0.4 is 14.8 Å². The summed E-state index contributed by atoms with van der Waals surface area (Å²) >= 11 is 6.02. The van der Waals surface area contributed by atoms with Crippen LogP contribution in [0.1, 0.15) is 5.82 Å². The lowest BCUT2D eigenvalue weighted by Gasteiger charge is -2.13. The summed E-state index contributed by atoms with van der Waals surface area (Å²) < 4.78 is 49.8. The highest BCUT2D eigenvalue weighted by atomic mass is 35.5. The third-order valence-electron chi connectivity index (χ3n) is 3.25. The van der Waals surface area contributed by atoms with E-state index >= 15 is 0 Å². The average Bonchev–Trinajstić information content (AvgIpc) is 2.99. The first-order chi connectivity index (χ1) is 11.8. The largest absolute Gasteiger partial charge is 0.495 e. The van der Waals surface area contributed by atoms with Gasteiger partial charge in [-0.15, -0.1) is 15.3 Å². The summed E-state index contributed by atoms with van der Waals surface area (Å²) in [6, 6.07) is 5.88. The van der Waals surface area contributed by atoms with Crippen LogP contribution >= 0.6 is 11.6 Å². The first-order valence-corrected chi connectivity index (χ1v) is 7.19. The van der Waals surface area contributed by atoms with E-state index in [-0.39, 0.29) is 11.5 Å². The minimum absolute atomic E-state index is 0.0291. The number of aromatic nitrogens is 4. The molecule has 3 rings (SSSR count). The van der Waals surface area contributed by atoms with Gasteiger partial charge in [-0.1, -0.05) is 11.6 Å². The minimum Gasteiger partial charge on any atom is -0.495 e. The van der Waals surface area contributed by atoms with Gasteiger partial charge in [-0.2, -0.15) is 17.7 Å². The maximum Gasteiger partial charge on any atom is 0.453 e. The SMILES string of the molecule is COc1cc(Nc2ccc3nnc(C(F)(F)F)n3n2)c(OC)cc1Cl. The summed E-state index contributed by atoms with van der Waals surface area (Å²) in [7, 11) is 2.87. The van der Waals surface area contributed by atoms with E-state index in [0.717, 1.165) is 0 Å². The number of anilines is 2. The van der Waals surface area contributed by atoms with Crippen molar-refractivity contribution in [1.29, 1.82) is 0 Å². The molecule has 0 aliphatic carbocycles. The van der Waals surface area contributed by atoms with Crippen LogP contribution in [-0.2, 0) is 6.18 Å². The smallest absolute Gasteiger partial charge is 0.453 e. The lowest BCUT2D eigenvalue weighted by Crippen LogP contribution is -2.13. The second-order valence-corrected chi connectivity index (χ2v) is 5.23. The molecule has 0 fully saturated rings. The van der Waals surface area contributed by atoms with Crippen molar-refractivity contribution in [3.05, 3.63) is 35.1 Å². The van der Waals surface area contributed by atoms with Crippen molar-refractivity contribution in [2.24, 2.45) is 0 Å². The number of nitrogens with zero attached hydrogens (tertiary/aromatic N) is 4. The molecule has 132 valence electrons. The Kier molecular flexibility index (Phi) is 4.29.